The Bertz CT molecular complexity index is 1140. The summed E-state index contributed by atoms with van der Waals surface area (Å²) in [5.74, 6) is 1.22. The number of alkyl halides is 1. The first-order chi connectivity index (χ1) is 14.3. The lowest BCUT2D eigenvalue weighted by Crippen LogP contribution is -2.38. The summed E-state index contributed by atoms with van der Waals surface area (Å²) in [7, 11) is 3.14. The molecular formula is C21H27Cl2N5O2. The van der Waals surface area contributed by atoms with Gasteiger partial charge in [0.15, 0.2) is 11.2 Å². The lowest BCUT2D eigenvalue weighted by molar-refractivity contribution is 0.171. The standard InChI is InChI=1S/C21H27Cl2N5O2/c1-13-6-5-9-27(10-13)12-17-24-19-18(20(29)26(3)21(30)25(19)2)28(17)11-14-15(22)7-4-8-16(14)23/h4,7-8,13-15H,5-6,9-12H2,1-3H3. The van der Waals surface area contributed by atoms with Gasteiger partial charge in [0.1, 0.15) is 5.82 Å². The Balaban J connectivity index is 1.84. The molecule has 2 aromatic rings. The van der Waals surface area contributed by atoms with Gasteiger partial charge in [0.05, 0.1) is 11.9 Å². The summed E-state index contributed by atoms with van der Waals surface area (Å²) >= 11 is 13.0. The molecular weight excluding hydrogens is 425 g/mol. The fraction of sp³-hybridized carbons (Fsp3) is 0.571. The normalized spacial score (nSPS) is 25.1. The van der Waals surface area contributed by atoms with Gasteiger partial charge in [-0.25, -0.2) is 9.78 Å². The van der Waals surface area contributed by atoms with Crippen LogP contribution in [-0.2, 0) is 27.2 Å². The van der Waals surface area contributed by atoms with Gasteiger partial charge in [-0.05, 0) is 31.4 Å². The van der Waals surface area contributed by atoms with E-state index in [0.717, 1.165) is 29.9 Å². The fourth-order valence-corrected chi connectivity index (χ4v) is 5.13. The average Bonchev–Trinajstić information content (AvgIpc) is 3.05. The molecule has 1 fully saturated rings. The third-order valence-electron chi connectivity index (χ3n) is 6.20. The summed E-state index contributed by atoms with van der Waals surface area (Å²) < 4.78 is 4.49. The Labute approximate surface area is 185 Å². The highest BCUT2D eigenvalue weighted by molar-refractivity contribution is 6.31. The summed E-state index contributed by atoms with van der Waals surface area (Å²) in [5, 5.41) is 0.373. The van der Waals surface area contributed by atoms with Crippen molar-refractivity contribution >= 4 is 34.4 Å². The topological polar surface area (TPSA) is 65.1 Å². The van der Waals surface area contributed by atoms with Gasteiger partial charge < -0.3 is 4.57 Å². The molecule has 3 heterocycles. The number of rotatable bonds is 4. The first kappa shape index (κ1) is 21.4. The van der Waals surface area contributed by atoms with Gasteiger partial charge >= 0.3 is 5.69 Å². The summed E-state index contributed by atoms with van der Waals surface area (Å²) in [6.45, 7) is 5.29. The molecule has 0 aromatic carbocycles. The molecule has 0 saturated carbocycles. The van der Waals surface area contributed by atoms with E-state index in [-0.39, 0.29) is 22.5 Å². The van der Waals surface area contributed by atoms with Crippen molar-refractivity contribution in [2.45, 2.75) is 38.2 Å². The maximum Gasteiger partial charge on any atom is 0.332 e. The molecule has 2 aromatic heterocycles. The van der Waals surface area contributed by atoms with Crippen LogP contribution in [0.5, 0.6) is 0 Å². The Kier molecular flexibility index (Phi) is 5.97. The smallest absolute Gasteiger partial charge is 0.320 e. The van der Waals surface area contributed by atoms with Crippen molar-refractivity contribution in [1.29, 1.82) is 0 Å². The quantitative estimate of drug-likeness (QED) is 0.669. The van der Waals surface area contributed by atoms with Crippen LogP contribution in [0.15, 0.2) is 32.8 Å². The Morgan fingerprint density at radius 1 is 1.23 bits per heavy atom. The second-order valence-electron chi connectivity index (χ2n) is 8.49. The number of likely N-dealkylation sites (tertiary alicyclic amines) is 1. The Hall–Kier alpha value is -1.83. The van der Waals surface area contributed by atoms with E-state index in [1.54, 1.807) is 7.05 Å². The highest BCUT2D eigenvalue weighted by Gasteiger charge is 2.28. The van der Waals surface area contributed by atoms with E-state index in [0.29, 0.717) is 35.2 Å². The van der Waals surface area contributed by atoms with E-state index < -0.39 is 0 Å². The second kappa shape index (κ2) is 8.36. The molecule has 1 aliphatic carbocycles. The van der Waals surface area contributed by atoms with Gasteiger partial charge in [-0.1, -0.05) is 30.7 Å². The Morgan fingerprint density at radius 3 is 2.70 bits per heavy atom. The SMILES string of the molecule is CC1CCCN(Cc2nc3c(c(=O)n(C)c(=O)n3C)n2CC2C(Cl)=CC=CC2Cl)C1. The zero-order valence-electron chi connectivity index (χ0n) is 17.5. The molecule has 0 spiro atoms. The summed E-state index contributed by atoms with van der Waals surface area (Å²) in [6, 6.07) is 0. The molecule has 162 valence electrons. The van der Waals surface area contributed by atoms with Crippen LogP contribution in [0, 0.1) is 11.8 Å². The maximum atomic E-state index is 13.1. The van der Waals surface area contributed by atoms with Gasteiger partial charge in [0.25, 0.3) is 5.56 Å². The van der Waals surface area contributed by atoms with Gasteiger partial charge in [-0.2, -0.15) is 0 Å². The third-order valence-corrected chi connectivity index (χ3v) is 7.06. The van der Waals surface area contributed by atoms with Crippen LogP contribution < -0.4 is 11.2 Å². The van der Waals surface area contributed by atoms with Gasteiger partial charge in [-0.3, -0.25) is 18.8 Å². The molecule has 0 bridgehead atoms. The van der Waals surface area contributed by atoms with Crippen LogP contribution >= 0.6 is 23.2 Å². The van der Waals surface area contributed by atoms with E-state index in [2.05, 4.69) is 11.8 Å². The summed E-state index contributed by atoms with van der Waals surface area (Å²) in [5.41, 5.74) is 0.0868. The number of hydrogen-bond donors (Lipinski definition) is 0. The van der Waals surface area contributed by atoms with Crippen LogP contribution in [-0.4, -0.2) is 42.1 Å². The highest BCUT2D eigenvalue weighted by atomic mass is 35.5. The molecule has 3 atom stereocenters. The number of hydrogen-bond acceptors (Lipinski definition) is 4. The van der Waals surface area contributed by atoms with E-state index in [4.69, 9.17) is 28.2 Å². The molecule has 3 unspecified atom stereocenters. The van der Waals surface area contributed by atoms with Crippen LogP contribution in [0.1, 0.15) is 25.6 Å². The molecule has 4 rings (SSSR count). The lowest BCUT2D eigenvalue weighted by Gasteiger charge is -2.31. The number of aryl methyl sites for hydroxylation is 1. The van der Waals surface area contributed by atoms with Crippen LogP contribution in [0.2, 0.25) is 0 Å². The number of piperidine rings is 1. The van der Waals surface area contributed by atoms with E-state index >= 15 is 0 Å². The van der Waals surface area contributed by atoms with Gasteiger partial charge in [0.2, 0.25) is 0 Å². The number of fused-ring (bicyclic) bond motifs is 1. The minimum atomic E-state index is -0.385. The van der Waals surface area contributed by atoms with Crippen molar-refractivity contribution in [2.75, 3.05) is 13.1 Å². The van der Waals surface area contributed by atoms with Gasteiger partial charge in [0, 0.05) is 38.1 Å². The van der Waals surface area contributed by atoms with Crippen molar-refractivity contribution in [3.05, 3.63) is 49.9 Å². The molecule has 7 nitrogen and oxygen atoms in total. The van der Waals surface area contributed by atoms with Gasteiger partial charge in [-0.15, -0.1) is 11.6 Å². The number of halogens is 2. The molecule has 1 saturated heterocycles. The van der Waals surface area contributed by atoms with Crippen molar-refractivity contribution < 1.29 is 0 Å². The van der Waals surface area contributed by atoms with Crippen molar-refractivity contribution in [1.82, 2.24) is 23.6 Å². The monoisotopic (exact) mass is 451 g/mol. The van der Waals surface area contributed by atoms with Crippen LogP contribution in [0.4, 0.5) is 0 Å². The number of allylic oxidation sites excluding steroid dienone is 4. The highest BCUT2D eigenvalue weighted by Crippen LogP contribution is 2.31. The molecule has 1 aliphatic heterocycles. The number of imidazole rings is 1. The second-order valence-corrected chi connectivity index (χ2v) is 9.43. The molecule has 0 amide bonds. The average molecular weight is 452 g/mol. The minimum absolute atomic E-state index is 0.170. The number of aromatic nitrogens is 4. The molecule has 0 radical (unpaired) electrons. The summed E-state index contributed by atoms with van der Waals surface area (Å²) in [6.07, 6.45) is 7.96. The van der Waals surface area contributed by atoms with E-state index in [1.807, 2.05) is 22.8 Å². The van der Waals surface area contributed by atoms with E-state index in [1.165, 1.54) is 18.0 Å². The number of nitrogens with zero attached hydrogens (tertiary/aromatic N) is 5. The predicted octanol–water partition coefficient (Wildman–Crippen LogP) is 2.58. The largest absolute Gasteiger partial charge is 0.332 e. The molecule has 2 aliphatic rings. The van der Waals surface area contributed by atoms with Crippen LogP contribution in [0.25, 0.3) is 11.2 Å². The predicted molar refractivity (Wildman–Crippen MR) is 120 cm³/mol. The first-order valence-corrected chi connectivity index (χ1v) is 11.1. The fourth-order valence-electron chi connectivity index (χ4n) is 4.49. The maximum absolute atomic E-state index is 13.1. The first-order valence-electron chi connectivity index (χ1n) is 10.3. The van der Waals surface area contributed by atoms with Crippen LogP contribution in [0.3, 0.4) is 0 Å². The summed E-state index contributed by atoms with van der Waals surface area (Å²) in [4.78, 5) is 32.6. The Morgan fingerprint density at radius 2 is 2.00 bits per heavy atom. The zero-order chi connectivity index (χ0) is 21.6. The molecule has 9 heteroatoms. The molecule has 0 N–H and O–H groups in total. The molecule has 30 heavy (non-hydrogen) atoms. The third kappa shape index (κ3) is 3.79. The van der Waals surface area contributed by atoms with Crippen molar-refractivity contribution in [3.8, 4) is 0 Å². The van der Waals surface area contributed by atoms with E-state index in [9.17, 15) is 9.59 Å². The minimum Gasteiger partial charge on any atom is -0.320 e. The lowest BCUT2D eigenvalue weighted by atomic mass is 9.99. The van der Waals surface area contributed by atoms with Crippen molar-refractivity contribution in [2.24, 2.45) is 25.9 Å². The van der Waals surface area contributed by atoms with Crippen molar-refractivity contribution in [3.63, 3.8) is 0 Å². The zero-order valence-corrected chi connectivity index (χ0v) is 19.0.